The maximum absolute atomic E-state index is 12.6. The number of phosphoric acid groups is 1. The van der Waals surface area contributed by atoms with Gasteiger partial charge in [-0.25, -0.2) is 4.57 Å². The Hall–Kier alpha value is -3.12. The number of hydrogen-bond acceptors (Lipinski definition) is 10. The molecule has 0 rings (SSSR count). The molecule has 12 nitrogen and oxygen atoms in total. The molecule has 0 saturated heterocycles. The number of carboxylic acids is 1. The summed E-state index contributed by atoms with van der Waals surface area (Å²) in [6.45, 7) is 2.45. The van der Waals surface area contributed by atoms with Gasteiger partial charge in [0.25, 0.3) is 0 Å². The fourth-order valence-electron chi connectivity index (χ4n) is 4.82. The summed E-state index contributed by atoms with van der Waals surface area (Å²) in [5, 5.41) is 18.6. The van der Waals surface area contributed by atoms with E-state index in [4.69, 9.17) is 24.8 Å². The van der Waals surface area contributed by atoms with Crippen LogP contribution in [-0.2, 0) is 37.5 Å². The number of esters is 2. The molecule has 0 bridgehead atoms. The van der Waals surface area contributed by atoms with Crippen LogP contribution in [0.3, 0.4) is 0 Å². The highest BCUT2D eigenvalue weighted by molar-refractivity contribution is 7.47. The number of nitrogens with two attached hydrogens (primary N) is 1. The Morgan fingerprint density at radius 3 is 1.93 bits per heavy atom. The van der Waals surface area contributed by atoms with Gasteiger partial charge < -0.3 is 30.3 Å². The van der Waals surface area contributed by atoms with Gasteiger partial charge in [-0.1, -0.05) is 125 Å². The Morgan fingerprint density at radius 2 is 1.24 bits per heavy atom. The fourth-order valence-corrected chi connectivity index (χ4v) is 5.60. The summed E-state index contributed by atoms with van der Waals surface area (Å²) in [4.78, 5) is 45.8. The number of aliphatic carboxylic acids is 1. The molecule has 0 aromatic carbocycles. The Morgan fingerprint density at radius 1 is 0.673 bits per heavy atom. The zero-order chi connectivity index (χ0) is 40.8. The number of ether oxygens (including phenoxy) is 2. The van der Waals surface area contributed by atoms with Crippen molar-refractivity contribution < 1.29 is 52.6 Å². The number of carbonyl (C=O) groups is 3. The van der Waals surface area contributed by atoms with Gasteiger partial charge in [0, 0.05) is 12.8 Å². The van der Waals surface area contributed by atoms with Crippen molar-refractivity contribution in [2.24, 2.45) is 5.73 Å². The molecule has 55 heavy (non-hydrogen) atoms. The molecule has 0 saturated carbocycles. The van der Waals surface area contributed by atoms with E-state index >= 15 is 0 Å². The molecule has 0 aromatic rings. The third kappa shape index (κ3) is 36.3. The Kier molecular flexibility index (Phi) is 34.4. The largest absolute Gasteiger partial charge is 0.480 e. The first-order chi connectivity index (χ1) is 26.5. The first-order valence-corrected chi connectivity index (χ1v) is 21.6. The molecule has 0 spiro atoms. The van der Waals surface area contributed by atoms with Gasteiger partial charge in [-0.2, -0.15) is 0 Å². The van der Waals surface area contributed by atoms with Crippen molar-refractivity contribution >= 4 is 25.7 Å². The average molecular weight is 796 g/mol. The lowest BCUT2D eigenvalue weighted by Crippen LogP contribution is -2.34. The predicted molar refractivity (Wildman–Crippen MR) is 218 cm³/mol. The van der Waals surface area contributed by atoms with E-state index in [2.05, 4.69) is 23.6 Å². The van der Waals surface area contributed by atoms with E-state index in [1.807, 2.05) is 61.6 Å². The molecule has 0 aliphatic rings. The fraction of sp³-hybridized carbons (Fsp3) is 0.643. The second kappa shape index (κ2) is 36.5. The van der Waals surface area contributed by atoms with Crippen LogP contribution in [-0.4, -0.2) is 71.1 Å². The molecule has 0 aliphatic carbocycles. The minimum Gasteiger partial charge on any atom is -0.480 e. The summed E-state index contributed by atoms with van der Waals surface area (Å²) in [6, 6.07) is -1.54. The summed E-state index contributed by atoms with van der Waals surface area (Å²) in [6.07, 6.45) is 38.9. The third-order valence-corrected chi connectivity index (χ3v) is 8.96. The predicted octanol–water partition coefficient (Wildman–Crippen LogP) is 9.14. The number of unbranched alkanes of at least 4 members (excludes halogenated alkanes) is 10. The smallest absolute Gasteiger partial charge is 0.472 e. The van der Waals surface area contributed by atoms with Crippen molar-refractivity contribution in [1.82, 2.24) is 0 Å². The van der Waals surface area contributed by atoms with Gasteiger partial charge in [-0.15, -0.1) is 0 Å². The van der Waals surface area contributed by atoms with E-state index in [0.717, 1.165) is 57.8 Å². The molecule has 0 heterocycles. The SMILES string of the molecule is CC/C=C\C(O)C/C=C/C=C\C/C=C\C/C=C\CCCC(=O)O[C@H](COC(=O)CCCCCCC/C=C\CCCCCC)COP(=O)(O)OC[C@H](N)C(=O)O. The second-order valence-corrected chi connectivity index (χ2v) is 14.7. The quantitative estimate of drug-likeness (QED) is 0.0155. The van der Waals surface area contributed by atoms with Crippen LogP contribution in [0.1, 0.15) is 136 Å². The third-order valence-electron chi connectivity index (χ3n) is 8.01. The lowest BCUT2D eigenvalue weighted by molar-refractivity contribution is -0.161. The lowest BCUT2D eigenvalue weighted by Gasteiger charge is -2.20. The van der Waals surface area contributed by atoms with E-state index < -0.39 is 57.2 Å². The summed E-state index contributed by atoms with van der Waals surface area (Å²) in [5.74, 6) is -2.51. The van der Waals surface area contributed by atoms with Crippen LogP contribution >= 0.6 is 7.82 Å². The molecule has 5 N–H and O–H groups in total. The monoisotopic (exact) mass is 795 g/mol. The van der Waals surface area contributed by atoms with Gasteiger partial charge in [0.15, 0.2) is 6.10 Å². The van der Waals surface area contributed by atoms with E-state index in [9.17, 15) is 28.9 Å². The molecule has 0 aliphatic heterocycles. The molecule has 0 aromatic heterocycles. The first-order valence-electron chi connectivity index (χ1n) is 20.1. The minimum absolute atomic E-state index is 0.0599. The topological polar surface area (TPSA) is 192 Å². The lowest BCUT2D eigenvalue weighted by atomic mass is 10.1. The van der Waals surface area contributed by atoms with E-state index in [0.29, 0.717) is 25.7 Å². The summed E-state index contributed by atoms with van der Waals surface area (Å²) >= 11 is 0. The number of rotatable bonds is 36. The van der Waals surface area contributed by atoms with Crippen LogP contribution in [0.2, 0.25) is 0 Å². The molecular weight excluding hydrogens is 725 g/mol. The van der Waals surface area contributed by atoms with Gasteiger partial charge in [-0.05, 0) is 70.6 Å². The van der Waals surface area contributed by atoms with Crippen molar-refractivity contribution in [2.45, 2.75) is 154 Å². The highest BCUT2D eigenvalue weighted by Gasteiger charge is 2.28. The van der Waals surface area contributed by atoms with Crippen molar-refractivity contribution in [3.05, 3.63) is 72.9 Å². The van der Waals surface area contributed by atoms with Crippen molar-refractivity contribution in [3.63, 3.8) is 0 Å². The highest BCUT2D eigenvalue weighted by Crippen LogP contribution is 2.43. The van der Waals surface area contributed by atoms with Crippen LogP contribution in [0.25, 0.3) is 0 Å². The van der Waals surface area contributed by atoms with Crippen LogP contribution in [0.15, 0.2) is 72.9 Å². The molecule has 4 atom stereocenters. The zero-order valence-electron chi connectivity index (χ0n) is 33.3. The maximum Gasteiger partial charge on any atom is 0.472 e. The number of carboxylic acid groups (broad SMARTS) is 1. The van der Waals surface area contributed by atoms with Gasteiger partial charge >= 0.3 is 25.7 Å². The maximum atomic E-state index is 12.6. The van der Waals surface area contributed by atoms with E-state index in [1.54, 1.807) is 6.08 Å². The molecule has 13 heteroatoms. The van der Waals surface area contributed by atoms with Crippen LogP contribution in [0, 0.1) is 0 Å². The summed E-state index contributed by atoms with van der Waals surface area (Å²) in [7, 11) is -4.74. The summed E-state index contributed by atoms with van der Waals surface area (Å²) < 4.78 is 32.5. The van der Waals surface area contributed by atoms with Crippen LogP contribution in [0.4, 0.5) is 0 Å². The molecule has 0 amide bonds. The molecular formula is C42H70NO11P. The van der Waals surface area contributed by atoms with E-state index in [-0.39, 0.29) is 19.4 Å². The van der Waals surface area contributed by atoms with E-state index in [1.165, 1.54) is 25.7 Å². The Bertz CT molecular complexity index is 1230. The number of aliphatic hydroxyl groups is 1. The average Bonchev–Trinajstić information content (AvgIpc) is 3.15. The molecule has 0 radical (unpaired) electrons. The Balaban J connectivity index is 4.58. The molecule has 0 fully saturated rings. The highest BCUT2D eigenvalue weighted by atomic mass is 31.2. The molecule has 314 valence electrons. The number of aliphatic hydroxyl groups excluding tert-OH is 1. The van der Waals surface area contributed by atoms with Crippen LogP contribution < -0.4 is 5.73 Å². The summed E-state index contributed by atoms with van der Waals surface area (Å²) in [5.41, 5.74) is 5.31. The molecule has 2 unspecified atom stereocenters. The zero-order valence-corrected chi connectivity index (χ0v) is 34.2. The van der Waals surface area contributed by atoms with Crippen molar-refractivity contribution in [1.29, 1.82) is 0 Å². The Labute approximate surface area is 330 Å². The first kappa shape index (κ1) is 51.9. The number of hydrogen-bond donors (Lipinski definition) is 4. The minimum atomic E-state index is -4.74. The van der Waals surface area contributed by atoms with Gasteiger partial charge in [0.1, 0.15) is 12.6 Å². The van der Waals surface area contributed by atoms with Crippen LogP contribution in [0.5, 0.6) is 0 Å². The number of allylic oxidation sites excluding steroid dienone is 10. The number of carbonyl (C=O) groups excluding carboxylic acids is 2. The van der Waals surface area contributed by atoms with Crippen molar-refractivity contribution in [2.75, 3.05) is 19.8 Å². The normalized spacial score (nSPS) is 15.1. The standard InChI is InChI=1S/C42H70NO11P/c1-3-5-7-8-9-10-11-12-16-19-22-25-28-32-40(45)51-34-38(35-52-55(49,50)53-36-39(43)42(47)48)54-41(46)33-29-26-23-20-17-14-13-15-18-21-24-27-31-37(44)30-6-4-2/h6,10-11,13-14,18,20-21,23-24,27,30,37-39,44H,3-5,7-9,12,15-17,19,22,25-26,28-29,31-36,43H2,1-2H3,(H,47,48)(H,49,50)/b11-10-,14-13-,21-18-,23-20-,27-24+,30-6-/t37?,38-,39+/m1/s1. The van der Waals surface area contributed by atoms with Gasteiger partial charge in [-0.3, -0.25) is 23.4 Å². The van der Waals surface area contributed by atoms with Gasteiger partial charge in [0.05, 0.1) is 19.3 Å². The van der Waals surface area contributed by atoms with Crippen molar-refractivity contribution in [3.8, 4) is 0 Å². The number of phosphoric ester groups is 1. The van der Waals surface area contributed by atoms with Gasteiger partial charge in [0.2, 0.25) is 0 Å². The second-order valence-electron chi connectivity index (χ2n) is 13.2.